The summed E-state index contributed by atoms with van der Waals surface area (Å²) in [7, 11) is -1.50. The minimum absolute atomic E-state index is 0.400. The summed E-state index contributed by atoms with van der Waals surface area (Å²) < 4.78 is 27.4. The maximum atomic E-state index is 12.1. The Bertz CT molecular complexity index is 510. The van der Waals surface area contributed by atoms with Crippen LogP contribution in [0.15, 0.2) is 16.3 Å². The molecule has 0 radical (unpaired) electrons. The Morgan fingerprint density at radius 2 is 2.05 bits per heavy atom. The van der Waals surface area contributed by atoms with Crippen molar-refractivity contribution in [1.82, 2.24) is 14.9 Å². The molecule has 1 aromatic heterocycles. The summed E-state index contributed by atoms with van der Waals surface area (Å²) in [6, 6.07) is 3.54. The summed E-state index contributed by atoms with van der Waals surface area (Å²) in [5.74, 6) is 2.29. The molecule has 8 heteroatoms. The third-order valence-electron chi connectivity index (χ3n) is 3.08. The highest BCUT2D eigenvalue weighted by Crippen LogP contribution is 2.21. The molecule has 20 heavy (non-hydrogen) atoms. The molecular weight excluding hydrogens is 314 g/mol. The lowest BCUT2D eigenvalue weighted by Gasteiger charge is -2.25. The lowest BCUT2D eigenvalue weighted by Crippen LogP contribution is -2.39. The first kappa shape index (κ1) is 16.3. The van der Waals surface area contributed by atoms with Crippen molar-refractivity contribution >= 4 is 33.1 Å². The predicted octanol–water partition coefficient (Wildman–Crippen LogP) is 0.795. The summed E-state index contributed by atoms with van der Waals surface area (Å²) in [5.41, 5.74) is 0. The molecule has 0 unspecified atom stereocenters. The van der Waals surface area contributed by atoms with Crippen LogP contribution >= 0.6 is 23.1 Å². The van der Waals surface area contributed by atoms with Gasteiger partial charge in [0.2, 0.25) is 10.0 Å². The fourth-order valence-electron chi connectivity index (χ4n) is 2.01. The molecule has 0 bridgehead atoms. The van der Waals surface area contributed by atoms with Crippen LogP contribution in [0.3, 0.4) is 0 Å². The van der Waals surface area contributed by atoms with Gasteiger partial charge in [-0.3, -0.25) is 0 Å². The van der Waals surface area contributed by atoms with E-state index in [1.165, 1.54) is 11.3 Å². The summed E-state index contributed by atoms with van der Waals surface area (Å²) in [6.07, 6.45) is 0. The Morgan fingerprint density at radius 3 is 2.75 bits per heavy atom. The molecule has 0 amide bonds. The van der Waals surface area contributed by atoms with Gasteiger partial charge in [-0.1, -0.05) is 0 Å². The molecule has 0 spiro atoms. The smallest absolute Gasteiger partial charge is 0.250 e. The molecule has 0 saturated carbocycles. The van der Waals surface area contributed by atoms with E-state index in [1.54, 1.807) is 6.07 Å². The second kappa shape index (κ2) is 7.77. The van der Waals surface area contributed by atoms with Gasteiger partial charge in [0.25, 0.3) is 0 Å². The molecule has 0 aromatic carbocycles. The summed E-state index contributed by atoms with van der Waals surface area (Å²) in [6.45, 7) is 4.07. The molecule has 1 fully saturated rings. The fourth-order valence-corrected chi connectivity index (χ4v) is 5.42. The standard InChI is InChI=1S/C12H21N3O2S3/c1-13-10-11-2-3-12(19-11)20(16,17)14-4-5-15-6-8-18-9-7-15/h2-3,13-14H,4-10H2,1H3. The van der Waals surface area contributed by atoms with Gasteiger partial charge in [0.15, 0.2) is 0 Å². The first-order valence-corrected chi connectivity index (χ1v) is 10.1. The third kappa shape index (κ3) is 4.71. The third-order valence-corrected chi connectivity index (χ3v) is 7.06. The number of thiophene rings is 1. The van der Waals surface area contributed by atoms with Crippen LogP contribution in [-0.2, 0) is 16.6 Å². The zero-order chi connectivity index (χ0) is 14.4. The number of rotatable bonds is 7. The number of nitrogens with zero attached hydrogens (tertiary/aromatic N) is 1. The van der Waals surface area contributed by atoms with E-state index < -0.39 is 10.0 Å². The molecule has 2 N–H and O–H groups in total. The monoisotopic (exact) mass is 335 g/mol. The minimum Gasteiger partial charge on any atom is -0.315 e. The minimum atomic E-state index is -3.35. The van der Waals surface area contributed by atoms with Crippen LogP contribution in [0.5, 0.6) is 0 Å². The average molecular weight is 336 g/mol. The molecule has 2 heterocycles. The van der Waals surface area contributed by atoms with Crippen LogP contribution in [0.25, 0.3) is 0 Å². The van der Waals surface area contributed by atoms with Crippen molar-refractivity contribution in [2.75, 3.05) is 44.7 Å². The van der Waals surface area contributed by atoms with Crippen molar-refractivity contribution in [3.05, 3.63) is 17.0 Å². The molecule has 1 aromatic rings. The summed E-state index contributed by atoms with van der Waals surface area (Å²) in [5, 5.41) is 3.02. The lowest BCUT2D eigenvalue weighted by atomic mass is 10.5. The molecule has 114 valence electrons. The van der Waals surface area contributed by atoms with Crippen molar-refractivity contribution < 1.29 is 8.42 Å². The van der Waals surface area contributed by atoms with Gasteiger partial charge in [-0.05, 0) is 19.2 Å². The molecule has 1 saturated heterocycles. The second-order valence-corrected chi connectivity index (χ2v) is 8.99. The number of thioether (sulfide) groups is 1. The first-order chi connectivity index (χ1) is 9.62. The SMILES string of the molecule is CNCc1ccc(S(=O)(=O)NCCN2CCSCC2)s1. The Balaban J connectivity index is 1.83. The van der Waals surface area contributed by atoms with Crippen molar-refractivity contribution in [1.29, 1.82) is 0 Å². The van der Waals surface area contributed by atoms with Gasteiger partial charge in [-0.2, -0.15) is 11.8 Å². The van der Waals surface area contributed by atoms with E-state index in [-0.39, 0.29) is 0 Å². The Labute approximate surface area is 129 Å². The molecule has 0 aliphatic carbocycles. The normalized spacial score (nSPS) is 17.4. The largest absolute Gasteiger partial charge is 0.315 e. The van der Waals surface area contributed by atoms with Gasteiger partial charge in [0.05, 0.1) is 0 Å². The lowest BCUT2D eigenvalue weighted by molar-refractivity contribution is 0.307. The molecule has 1 aliphatic heterocycles. The van der Waals surface area contributed by atoms with E-state index in [4.69, 9.17) is 0 Å². The van der Waals surface area contributed by atoms with E-state index >= 15 is 0 Å². The zero-order valence-electron chi connectivity index (χ0n) is 11.6. The molecule has 5 nitrogen and oxygen atoms in total. The Hall–Kier alpha value is -0.120. The van der Waals surface area contributed by atoms with Crippen molar-refractivity contribution in [3.8, 4) is 0 Å². The molecule has 2 rings (SSSR count). The van der Waals surface area contributed by atoms with Crippen LogP contribution < -0.4 is 10.0 Å². The topological polar surface area (TPSA) is 61.4 Å². The number of sulfonamides is 1. The van der Waals surface area contributed by atoms with E-state index in [2.05, 4.69) is 14.9 Å². The number of hydrogen-bond donors (Lipinski definition) is 2. The highest BCUT2D eigenvalue weighted by molar-refractivity contribution is 7.99. The highest BCUT2D eigenvalue weighted by Gasteiger charge is 2.17. The quantitative estimate of drug-likeness (QED) is 0.772. The van der Waals surface area contributed by atoms with Gasteiger partial charge in [0, 0.05) is 49.1 Å². The van der Waals surface area contributed by atoms with Crippen LogP contribution in [0.1, 0.15) is 4.88 Å². The second-order valence-electron chi connectivity index (χ2n) is 4.60. The van der Waals surface area contributed by atoms with Gasteiger partial charge < -0.3 is 10.2 Å². The van der Waals surface area contributed by atoms with Gasteiger partial charge >= 0.3 is 0 Å². The van der Waals surface area contributed by atoms with Crippen LogP contribution in [0.4, 0.5) is 0 Å². The zero-order valence-corrected chi connectivity index (χ0v) is 14.0. The van der Waals surface area contributed by atoms with Crippen LogP contribution in [-0.4, -0.2) is 58.1 Å². The van der Waals surface area contributed by atoms with Gasteiger partial charge in [-0.25, -0.2) is 13.1 Å². The average Bonchev–Trinajstić information content (AvgIpc) is 2.90. The maximum Gasteiger partial charge on any atom is 0.250 e. The number of hydrogen-bond acceptors (Lipinski definition) is 6. The van der Waals surface area contributed by atoms with E-state index in [0.29, 0.717) is 17.3 Å². The Morgan fingerprint density at radius 1 is 1.30 bits per heavy atom. The van der Waals surface area contributed by atoms with Gasteiger partial charge in [-0.15, -0.1) is 11.3 Å². The fraction of sp³-hybridized carbons (Fsp3) is 0.667. The first-order valence-electron chi connectivity index (χ1n) is 6.65. The van der Waals surface area contributed by atoms with E-state index in [9.17, 15) is 8.42 Å². The van der Waals surface area contributed by atoms with Gasteiger partial charge in [0.1, 0.15) is 4.21 Å². The predicted molar refractivity (Wildman–Crippen MR) is 86.0 cm³/mol. The molecule has 1 aliphatic rings. The highest BCUT2D eigenvalue weighted by atomic mass is 32.2. The van der Waals surface area contributed by atoms with E-state index in [1.807, 2.05) is 24.9 Å². The summed E-state index contributed by atoms with van der Waals surface area (Å²) >= 11 is 3.28. The maximum absolute atomic E-state index is 12.1. The van der Waals surface area contributed by atoms with Crippen LogP contribution in [0.2, 0.25) is 0 Å². The van der Waals surface area contributed by atoms with Crippen molar-refractivity contribution in [2.45, 2.75) is 10.8 Å². The summed E-state index contributed by atoms with van der Waals surface area (Å²) in [4.78, 5) is 3.33. The van der Waals surface area contributed by atoms with Crippen LogP contribution in [0, 0.1) is 0 Å². The van der Waals surface area contributed by atoms with E-state index in [0.717, 1.165) is 36.0 Å². The van der Waals surface area contributed by atoms with Crippen molar-refractivity contribution in [3.63, 3.8) is 0 Å². The molecule has 0 atom stereocenters. The Kier molecular flexibility index (Phi) is 6.31. The molecular formula is C12H21N3O2S3. The van der Waals surface area contributed by atoms with Crippen molar-refractivity contribution in [2.24, 2.45) is 0 Å². The number of nitrogens with one attached hydrogen (secondary N) is 2.